The molecule has 0 fully saturated rings. The highest BCUT2D eigenvalue weighted by Crippen LogP contribution is 2.34. The van der Waals surface area contributed by atoms with E-state index in [4.69, 9.17) is 21.1 Å². The molecule has 9 heteroatoms. The lowest BCUT2D eigenvalue weighted by atomic mass is 10.1. The smallest absolute Gasteiger partial charge is 0.226 e. The number of rotatable bonds is 8. The molecule has 0 aliphatic rings. The van der Waals surface area contributed by atoms with Gasteiger partial charge in [0.15, 0.2) is 21.7 Å². The molecule has 1 N–H and O–H groups in total. The van der Waals surface area contributed by atoms with E-state index in [0.29, 0.717) is 29.6 Å². The Labute approximate surface area is 179 Å². The largest absolute Gasteiger partial charge is 0.493 e. The van der Waals surface area contributed by atoms with Gasteiger partial charge in [0, 0.05) is 6.54 Å². The van der Waals surface area contributed by atoms with Crippen LogP contribution in [-0.2, 0) is 16.3 Å². The maximum Gasteiger partial charge on any atom is 0.226 e. The number of nitrogens with zero attached hydrogens (tertiary/aromatic N) is 1. The van der Waals surface area contributed by atoms with Crippen molar-refractivity contribution in [3.8, 4) is 11.5 Å². The minimum Gasteiger partial charge on any atom is -0.493 e. The van der Waals surface area contributed by atoms with Gasteiger partial charge in [0.2, 0.25) is 9.84 Å². The molecule has 0 radical (unpaired) electrons. The molecular formula is C20H21ClN2O4S2. The molecule has 2 aromatic carbocycles. The first kappa shape index (κ1) is 21.4. The zero-order chi connectivity index (χ0) is 21.0. The van der Waals surface area contributed by atoms with Gasteiger partial charge in [-0.15, -0.1) is 0 Å². The number of aryl methyl sites for hydroxylation is 1. The number of ether oxygens (including phenoxy) is 2. The second kappa shape index (κ2) is 9.02. The highest BCUT2D eigenvalue weighted by Gasteiger charge is 2.25. The van der Waals surface area contributed by atoms with E-state index in [1.807, 2.05) is 25.1 Å². The van der Waals surface area contributed by atoms with Crippen LogP contribution < -0.4 is 14.8 Å². The first-order chi connectivity index (χ1) is 13.8. The fourth-order valence-electron chi connectivity index (χ4n) is 2.71. The number of halogens is 1. The average Bonchev–Trinajstić information content (AvgIpc) is 3.09. The number of hydrogen-bond donors (Lipinski definition) is 1. The zero-order valence-corrected chi connectivity index (χ0v) is 18.6. The summed E-state index contributed by atoms with van der Waals surface area (Å²) in [5.41, 5.74) is 2.02. The van der Waals surface area contributed by atoms with Crippen LogP contribution in [0.1, 0.15) is 11.1 Å². The van der Waals surface area contributed by atoms with E-state index in [9.17, 15) is 8.42 Å². The number of sulfone groups is 1. The Bertz CT molecular complexity index is 1100. The molecule has 0 spiro atoms. The van der Waals surface area contributed by atoms with Gasteiger partial charge in [0.25, 0.3) is 0 Å². The third kappa shape index (κ3) is 4.83. The van der Waals surface area contributed by atoms with Gasteiger partial charge in [-0.1, -0.05) is 46.7 Å². The van der Waals surface area contributed by atoms with Crippen LogP contribution in [0.5, 0.6) is 11.5 Å². The van der Waals surface area contributed by atoms with Crippen molar-refractivity contribution in [2.75, 3.05) is 26.1 Å². The predicted octanol–water partition coefficient (Wildman–Crippen LogP) is 4.61. The third-order valence-corrected chi connectivity index (χ3v) is 7.43. The van der Waals surface area contributed by atoms with Crippen molar-refractivity contribution in [3.63, 3.8) is 0 Å². The van der Waals surface area contributed by atoms with Crippen LogP contribution in [0.15, 0.2) is 52.4 Å². The molecule has 3 aromatic rings. The normalized spacial score (nSPS) is 11.3. The Hall–Kier alpha value is -2.29. The van der Waals surface area contributed by atoms with E-state index in [2.05, 4.69) is 10.3 Å². The maximum atomic E-state index is 12.8. The Kier molecular flexibility index (Phi) is 6.66. The van der Waals surface area contributed by atoms with Gasteiger partial charge in [0.1, 0.15) is 4.34 Å². The van der Waals surface area contributed by atoms with Crippen LogP contribution in [0.25, 0.3) is 0 Å². The molecule has 0 unspecified atom stereocenters. The number of anilines is 1. The summed E-state index contributed by atoms with van der Waals surface area (Å²) in [5, 5.41) is 3.48. The number of benzene rings is 2. The quantitative estimate of drug-likeness (QED) is 0.537. The van der Waals surface area contributed by atoms with E-state index >= 15 is 0 Å². The Morgan fingerprint density at radius 3 is 2.41 bits per heavy atom. The van der Waals surface area contributed by atoms with Crippen LogP contribution in [0.3, 0.4) is 0 Å². The van der Waals surface area contributed by atoms with Crippen LogP contribution in [-0.4, -0.2) is 34.2 Å². The van der Waals surface area contributed by atoms with E-state index < -0.39 is 9.84 Å². The Morgan fingerprint density at radius 1 is 1.07 bits per heavy atom. The highest BCUT2D eigenvalue weighted by atomic mass is 35.5. The second-order valence-corrected chi connectivity index (χ2v) is 9.75. The van der Waals surface area contributed by atoms with Gasteiger partial charge in [-0.3, -0.25) is 0 Å². The van der Waals surface area contributed by atoms with Gasteiger partial charge in [-0.25, -0.2) is 13.4 Å². The minimum absolute atomic E-state index is 0.123. The van der Waals surface area contributed by atoms with E-state index in [0.717, 1.165) is 22.5 Å². The lowest BCUT2D eigenvalue weighted by molar-refractivity contribution is 0.354. The number of methoxy groups -OCH3 is 2. The standard InChI is InChI=1S/C20H21ClN2O4S2/c1-13-4-7-15(8-5-13)29(24,25)19-18(21)28-20(23-19)22-11-10-14-6-9-16(26-2)17(12-14)27-3/h4-9,12H,10-11H2,1-3H3,(H,22,23). The molecule has 6 nitrogen and oxygen atoms in total. The van der Waals surface area contributed by atoms with Crippen molar-refractivity contribution in [1.29, 1.82) is 0 Å². The molecule has 1 aromatic heterocycles. The summed E-state index contributed by atoms with van der Waals surface area (Å²) < 4.78 is 36.3. The van der Waals surface area contributed by atoms with Crippen molar-refractivity contribution >= 4 is 37.9 Å². The summed E-state index contributed by atoms with van der Waals surface area (Å²) >= 11 is 7.29. The first-order valence-corrected chi connectivity index (χ1v) is 11.5. The van der Waals surface area contributed by atoms with E-state index in [-0.39, 0.29) is 14.3 Å². The SMILES string of the molecule is COc1ccc(CCNc2nc(S(=O)(=O)c3ccc(C)cc3)c(Cl)s2)cc1OC. The van der Waals surface area contributed by atoms with E-state index in [1.165, 1.54) is 0 Å². The maximum absolute atomic E-state index is 12.8. The Balaban J connectivity index is 1.70. The summed E-state index contributed by atoms with van der Waals surface area (Å²) in [6.07, 6.45) is 0.692. The monoisotopic (exact) mass is 452 g/mol. The molecule has 0 bridgehead atoms. The lowest BCUT2D eigenvalue weighted by Crippen LogP contribution is -2.06. The fourth-order valence-corrected chi connectivity index (χ4v) is 5.54. The lowest BCUT2D eigenvalue weighted by Gasteiger charge is -2.09. The summed E-state index contributed by atoms with van der Waals surface area (Å²) in [5.74, 6) is 1.33. The molecule has 0 aliphatic heterocycles. The van der Waals surface area contributed by atoms with E-state index in [1.54, 1.807) is 38.5 Å². The predicted molar refractivity (Wildman–Crippen MR) is 115 cm³/mol. The van der Waals surface area contributed by atoms with Crippen molar-refractivity contribution in [3.05, 3.63) is 57.9 Å². The number of hydrogen-bond acceptors (Lipinski definition) is 7. The summed E-state index contributed by atoms with van der Waals surface area (Å²) in [6.45, 7) is 2.45. The average molecular weight is 453 g/mol. The first-order valence-electron chi connectivity index (χ1n) is 8.78. The summed E-state index contributed by atoms with van der Waals surface area (Å²) in [6, 6.07) is 12.3. The number of aromatic nitrogens is 1. The van der Waals surface area contributed by atoms with Gasteiger partial charge in [-0.05, 0) is 43.2 Å². The Morgan fingerprint density at radius 2 is 1.76 bits per heavy atom. The summed E-state index contributed by atoms with van der Waals surface area (Å²) in [7, 11) is -0.581. The van der Waals surface area contributed by atoms with Gasteiger partial charge < -0.3 is 14.8 Å². The van der Waals surface area contributed by atoms with Crippen molar-refractivity contribution in [2.24, 2.45) is 0 Å². The van der Waals surface area contributed by atoms with Crippen molar-refractivity contribution in [2.45, 2.75) is 23.3 Å². The van der Waals surface area contributed by atoms with Crippen LogP contribution >= 0.6 is 22.9 Å². The van der Waals surface area contributed by atoms with Crippen molar-refractivity contribution in [1.82, 2.24) is 4.98 Å². The van der Waals surface area contributed by atoms with Gasteiger partial charge in [-0.2, -0.15) is 0 Å². The molecule has 1 heterocycles. The molecule has 3 rings (SSSR count). The zero-order valence-electron chi connectivity index (χ0n) is 16.2. The fraction of sp³-hybridized carbons (Fsp3) is 0.250. The molecule has 29 heavy (non-hydrogen) atoms. The molecule has 0 atom stereocenters. The highest BCUT2D eigenvalue weighted by molar-refractivity contribution is 7.91. The molecule has 0 saturated heterocycles. The van der Waals surface area contributed by atoms with Crippen LogP contribution in [0.4, 0.5) is 5.13 Å². The van der Waals surface area contributed by atoms with Crippen LogP contribution in [0.2, 0.25) is 4.34 Å². The third-order valence-electron chi connectivity index (χ3n) is 4.28. The minimum atomic E-state index is -3.76. The molecule has 0 amide bonds. The topological polar surface area (TPSA) is 77.5 Å². The number of thiazole rings is 1. The molecule has 0 saturated carbocycles. The molecular weight excluding hydrogens is 432 g/mol. The van der Waals surface area contributed by atoms with Crippen LogP contribution in [0, 0.1) is 6.92 Å². The molecule has 0 aliphatic carbocycles. The number of nitrogens with one attached hydrogen (secondary N) is 1. The molecule has 154 valence electrons. The van der Waals surface area contributed by atoms with Crippen molar-refractivity contribution < 1.29 is 17.9 Å². The van der Waals surface area contributed by atoms with Gasteiger partial charge in [0.05, 0.1) is 19.1 Å². The van der Waals surface area contributed by atoms with Gasteiger partial charge >= 0.3 is 0 Å². The summed E-state index contributed by atoms with van der Waals surface area (Å²) in [4.78, 5) is 4.39. The second-order valence-electron chi connectivity index (χ2n) is 6.28.